The van der Waals surface area contributed by atoms with Gasteiger partial charge in [-0.2, -0.15) is 5.10 Å². The molecule has 1 atom stereocenters. The fourth-order valence-corrected chi connectivity index (χ4v) is 3.33. The normalized spacial score (nSPS) is 20.2. The first-order valence-electron chi connectivity index (χ1n) is 8.43. The van der Waals surface area contributed by atoms with Crippen LogP contribution in [-0.4, -0.2) is 49.9 Å². The summed E-state index contributed by atoms with van der Waals surface area (Å²) >= 11 is 0. The highest BCUT2D eigenvalue weighted by molar-refractivity contribution is 5.83. The van der Waals surface area contributed by atoms with Gasteiger partial charge in [-0.05, 0) is 38.0 Å². The molecule has 1 amide bonds. The van der Waals surface area contributed by atoms with Crippen molar-refractivity contribution in [3.63, 3.8) is 0 Å². The van der Waals surface area contributed by atoms with Crippen LogP contribution in [-0.2, 0) is 11.8 Å². The smallest absolute Gasteiger partial charge is 0.316 e. The van der Waals surface area contributed by atoms with E-state index in [1.807, 2.05) is 18.9 Å². The first kappa shape index (κ1) is 15.2. The second-order valence-electron chi connectivity index (χ2n) is 7.01. The summed E-state index contributed by atoms with van der Waals surface area (Å²) in [6.45, 7) is 3.54. The van der Waals surface area contributed by atoms with Crippen molar-refractivity contribution in [3.05, 3.63) is 12.4 Å². The van der Waals surface area contributed by atoms with Crippen LogP contribution in [0.5, 0.6) is 0 Å². The molecule has 2 aliphatic rings. The van der Waals surface area contributed by atoms with Crippen LogP contribution in [0.1, 0.15) is 32.6 Å². The largest absolute Gasteiger partial charge is 0.403 e. The van der Waals surface area contributed by atoms with Crippen molar-refractivity contribution in [2.24, 2.45) is 12.5 Å². The molecule has 0 aromatic carbocycles. The lowest BCUT2D eigenvalue weighted by atomic mass is 9.93. The van der Waals surface area contributed by atoms with Gasteiger partial charge in [-0.25, -0.2) is 0 Å². The first-order valence-corrected chi connectivity index (χ1v) is 8.43. The summed E-state index contributed by atoms with van der Waals surface area (Å²) in [6.07, 6.45) is 8.40. The average molecular weight is 330 g/mol. The lowest BCUT2D eigenvalue weighted by molar-refractivity contribution is -0.133. The molecule has 2 aromatic rings. The number of carbonyl (C=O) groups is 1. The van der Waals surface area contributed by atoms with Gasteiger partial charge in [0.15, 0.2) is 0 Å². The summed E-state index contributed by atoms with van der Waals surface area (Å²) in [5.41, 5.74) is 1.32. The van der Waals surface area contributed by atoms with Gasteiger partial charge in [0.1, 0.15) is 6.04 Å². The number of amides is 1. The number of nitrogens with zero attached hydrogens (tertiary/aromatic N) is 5. The Labute approximate surface area is 140 Å². The summed E-state index contributed by atoms with van der Waals surface area (Å²) in [7, 11) is 1.82. The number of hydrogen-bond donors (Lipinski definition) is 1. The van der Waals surface area contributed by atoms with Gasteiger partial charge in [-0.1, -0.05) is 5.10 Å². The number of rotatable bonds is 4. The average Bonchev–Trinajstić information content (AvgIpc) is 2.98. The molecule has 1 saturated heterocycles. The van der Waals surface area contributed by atoms with E-state index in [1.165, 1.54) is 12.8 Å². The van der Waals surface area contributed by atoms with E-state index in [0.29, 0.717) is 11.3 Å². The zero-order chi connectivity index (χ0) is 16.7. The van der Waals surface area contributed by atoms with Crippen molar-refractivity contribution >= 4 is 11.9 Å². The molecule has 1 spiro atoms. The van der Waals surface area contributed by atoms with Gasteiger partial charge >= 0.3 is 6.01 Å². The minimum atomic E-state index is -0.388. The molecule has 0 unspecified atom stereocenters. The number of aryl methyl sites for hydroxylation is 1. The molecule has 0 radical (unpaired) electrons. The Morgan fingerprint density at radius 3 is 2.67 bits per heavy atom. The van der Waals surface area contributed by atoms with Crippen LogP contribution in [0, 0.1) is 5.41 Å². The quantitative estimate of drug-likeness (QED) is 0.917. The number of piperidine rings is 1. The summed E-state index contributed by atoms with van der Waals surface area (Å²) in [4.78, 5) is 14.5. The highest BCUT2D eigenvalue weighted by Gasteiger charge is 2.45. The molecule has 128 valence electrons. The molecule has 2 fully saturated rings. The van der Waals surface area contributed by atoms with Gasteiger partial charge in [0.2, 0.25) is 5.91 Å². The second kappa shape index (κ2) is 5.61. The lowest BCUT2D eigenvalue weighted by Gasteiger charge is -2.33. The number of anilines is 1. The third kappa shape index (κ3) is 2.88. The third-order valence-electron chi connectivity index (χ3n) is 5.18. The maximum atomic E-state index is 12.6. The number of aromatic nitrogens is 4. The Morgan fingerprint density at radius 2 is 2.04 bits per heavy atom. The fraction of sp³-hybridized carbons (Fsp3) is 0.625. The second-order valence-corrected chi connectivity index (χ2v) is 7.01. The predicted octanol–water partition coefficient (Wildman–Crippen LogP) is 1.67. The van der Waals surface area contributed by atoms with Crippen molar-refractivity contribution < 1.29 is 9.21 Å². The van der Waals surface area contributed by atoms with E-state index in [4.69, 9.17) is 4.42 Å². The number of carbonyl (C=O) groups excluding carboxylic acids is 1. The van der Waals surface area contributed by atoms with Gasteiger partial charge in [0.25, 0.3) is 5.89 Å². The van der Waals surface area contributed by atoms with E-state index in [9.17, 15) is 4.79 Å². The van der Waals surface area contributed by atoms with Gasteiger partial charge in [0, 0.05) is 26.3 Å². The maximum Gasteiger partial charge on any atom is 0.316 e. The molecule has 8 heteroatoms. The molecule has 1 N–H and O–H groups in total. The van der Waals surface area contributed by atoms with Crippen molar-refractivity contribution in [1.82, 2.24) is 24.9 Å². The highest BCUT2D eigenvalue weighted by Crippen LogP contribution is 2.53. The Hall–Kier alpha value is -2.38. The van der Waals surface area contributed by atoms with Gasteiger partial charge < -0.3 is 14.6 Å². The van der Waals surface area contributed by atoms with E-state index in [-0.39, 0.29) is 18.0 Å². The van der Waals surface area contributed by atoms with E-state index >= 15 is 0 Å². The molecule has 8 nitrogen and oxygen atoms in total. The van der Waals surface area contributed by atoms with Crippen molar-refractivity contribution in [1.29, 1.82) is 0 Å². The summed E-state index contributed by atoms with van der Waals surface area (Å²) < 4.78 is 7.25. The van der Waals surface area contributed by atoms with Crippen LogP contribution < -0.4 is 5.32 Å². The molecule has 1 saturated carbocycles. The molecule has 24 heavy (non-hydrogen) atoms. The molecular formula is C16H22N6O2. The monoisotopic (exact) mass is 330 g/mol. The van der Waals surface area contributed by atoms with Crippen LogP contribution in [0.15, 0.2) is 16.8 Å². The minimum absolute atomic E-state index is 0.0895. The molecule has 4 rings (SSSR count). The summed E-state index contributed by atoms with van der Waals surface area (Å²) in [6, 6.07) is -0.133. The molecule has 2 aromatic heterocycles. The number of hydrogen-bond acceptors (Lipinski definition) is 6. The molecule has 1 aliphatic heterocycles. The molecule has 3 heterocycles. The maximum absolute atomic E-state index is 12.6. The zero-order valence-corrected chi connectivity index (χ0v) is 14.0. The van der Waals surface area contributed by atoms with Gasteiger partial charge in [0.05, 0.1) is 11.8 Å². The first-order chi connectivity index (χ1) is 11.5. The van der Waals surface area contributed by atoms with Crippen molar-refractivity contribution in [3.8, 4) is 11.5 Å². The topological polar surface area (TPSA) is 89.1 Å². The van der Waals surface area contributed by atoms with E-state index < -0.39 is 0 Å². The van der Waals surface area contributed by atoms with E-state index in [1.54, 1.807) is 17.1 Å². The number of likely N-dealkylation sites (tertiary alicyclic amines) is 1. The van der Waals surface area contributed by atoms with E-state index in [2.05, 4.69) is 20.6 Å². The predicted molar refractivity (Wildman–Crippen MR) is 87.1 cm³/mol. The molecule has 1 aliphatic carbocycles. The SMILES string of the molecule is C[C@@H](Nc1nnc(-c2cnn(C)c2)o1)C(=O)N1CCC2(CC1)CC2. The highest BCUT2D eigenvalue weighted by atomic mass is 16.4. The van der Waals surface area contributed by atoms with Gasteiger partial charge in [-0.15, -0.1) is 5.10 Å². The van der Waals surface area contributed by atoms with Crippen molar-refractivity contribution in [2.75, 3.05) is 18.4 Å². The Morgan fingerprint density at radius 1 is 1.29 bits per heavy atom. The van der Waals surface area contributed by atoms with Crippen molar-refractivity contribution in [2.45, 2.75) is 38.6 Å². The fourth-order valence-electron chi connectivity index (χ4n) is 3.33. The Balaban J connectivity index is 1.36. The van der Waals surface area contributed by atoms with Crippen LogP contribution in [0.25, 0.3) is 11.5 Å². The zero-order valence-electron chi connectivity index (χ0n) is 14.0. The number of nitrogens with one attached hydrogen (secondary N) is 1. The van der Waals surface area contributed by atoms with Crippen LogP contribution in [0.3, 0.4) is 0 Å². The van der Waals surface area contributed by atoms with E-state index in [0.717, 1.165) is 31.5 Å². The molecular weight excluding hydrogens is 308 g/mol. The Bertz CT molecular complexity index is 737. The third-order valence-corrected chi connectivity index (χ3v) is 5.18. The Kier molecular flexibility index (Phi) is 3.54. The standard InChI is InChI=1S/C16H22N6O2/c1-11(14(23)22-7-5-16(3-4-16)6-8-22)18-15-20-19-13(24-15)12-9-17-21(2)10-12/h9-11H,3-8H2,1-2H3,(H,18,20)/t11-/m1/s1. The minimum Gasteiger partial charge on any atom is -0.403 e. The molecule has 0 bridgehead atoms. The van der Waals surface area contributed by atoms with Crippen LogP contribution >= 0.6 is 0 Å². The summed E-state index contributed by atoms with van der Waals surface area (Å²) in [5, 5.41) is 15.1. The lowest BCUT2D eigenvalue weighted by Crippen LogP contribution is -2.45. The summed E-state index contributed by atoms with van der Waals surface area (Å²) in [5.74, 6) is 0.477. The van der Waals surface area contributed by atoms with Gasteiger partial charge in [-0.3, -0.25) is 9.48 Å². The van der Waals surface area contributed by atoms with Crippen LogP contribution in [0.2, 0.25) is 0 Å². The van der Waals surface area contributed by atoms with Crippen LogP contribution in [0.4, 0.5) is 6.01 Å².